The standard InChI is InChI=1S/C11H22N2O2.ClH/c1-3-6-13(7-4-2)11(14)10-9-12-5-8-15-10;/h10,12H,3-9H2,1-2H3;1H/t10-;/m0./s1. The summed E-state index contributed by atoms with van der Waals surface area (Å²) in [6.45, 7) is 8.02. The molecule has 1 aliphatic rings. The maximum Gasteiger partial charge on any atom is 0.253 e. The van der Waals surface area contributed by atoms with E-state index in [2.05, 4.69) is 19.2 Å². The molecule has 1 saturated heterocycles. The molecule has 1 fully saturated rings. The van der Waals surface area contributed by atoms with Crippen LogP contribution in [0.3, 0.4) is 0 Å². The molecule has 16 heavy (non-hydrogen) atoms. The average Bonchev–Trinajstić information content (AvgIpc) is 2.29. The van der Waals surface area contributed by atoms with E-state index in [-0.39, 0.29) is 24.4 Å². The van der Waals surface area contributed by atoms with Crippen molar-refractivity contribution >= 4 is 18.3 Å². The molecule has 1 rings (SSSR count). The van der Waals surface area contributed by atoms with Crippen molar-refractivity contribution in [2.24, 2.45) is 0 Å². The average molecular weight is 251 g/mol. The highest BCUT2D eigenvalue weighted by Gasteiger charge is 2.25. The number of nitrogens with one attached hydrogen (secondary N) is 1. The third-order valence-electron chi connectivity index (χ3n) is 2.50. The van der Waals surface area contributed by atoms with Crippen LogP contribution in [-0.2, 0) is 9.53 Å². The van der Waals surface area contributed by atoms with Gasteiger partial charge in [-0.1, -0.05) is 13.8 Å². The molecule has 0 bridgehead atoms. The fraction of sp³-hybridized carbons (Fsp3) is 0.909. The lowest BCUT2D eigenvalue weighted by Crippen LogP contribution is -2.49. The lowest BCUT2D eigenvalue weighted by molar-refractivity contribution is -0.145. The predicted molar refractivity (Wildman–Crippen MR) is 67.0 cm³/mol. The molecule has 1 aliphatic heterocycles. The molecule has 0 radical (unpaired) electrons. The fourth-order valence-electron chi connectivity index (χ4n) is 1.80. The summed E-state index contributed by atoms with van der Waals surface area (Å²) in [6.07, 6.45) is 1.74. The van der Waals surface area contributed by atoms with Crippen LogP contribution >= 0.6 is 12.4 Å². The molecule has 0 aromatic rings. The zero-order chi connectivity index (χ0) is 11.1. The second-order valence-corrected chi connectivity index (χ2v) is 3.89. The maximum absolute atomic E-state index is 12.0. The summed E-state index contributed by atoms with van der Waals surface area (Å²) in [7, 11) is 0. The zero-order valence-corrected chi connectivity index (χ0v) is 11.0. The molecule has 0 unspecified atom stereocenters. The number of carbonyl (C=O) groups is 1. The van der Waals surface area contributed by atoms with Crippen LogP contribution in [0.2, 0.25) is 0 Å². The van der Waals surface area contributed by atoms with Crippen molar-refractivity contribution in [1.29, 1.82) is 0 Å². The number of nitrogens with zero attached hydrogens (tertiary/aromatic N) is 1. The summed E-state index contributed by atoms with van der Waals surface area (Å²) in [4.78, 5) is 14.0. The Morgan fingerprint density at radius 3 is 2.44 bits per heavy atom. The van der Waals surface area contributed by atoms with E-state index in [1.807, 2.05) is 4.90 Å². The van der Waals surface area contributed by atoms with Gasteiger partial charge in [0.25, 0.3) is 5.91 Å². The van der Waals surface area contributed by atoms with Gasteiger partial charge in [0.1, 0.15) is 6.10 Å². The summed E-state index contributed by atoms with van der Waals surface area (Å²) < 4.78 is 5.46. The first-order valence-electron chi connectivity index (χ1n) is 5.90. The molecule has 4 nitrogen and oxygen atoms in total. The van der Waals surface area contributed by atoms with E-state index in [9.17, 15) is 4.79 Å². The Morgan fingerprint density at radius 1 is 1.38 bits per heavy atom. The Hall–Kier alpha value is -0.320. The minimum atomic E-state index is -0.267. The van der Waals surface area contributed by atoms with Gasteiger partial charge in [-0.25, -0.2) is 0 Å². The molecular weight excluding hydrogens is 228 g/mol. The van der Waals surface area contributed by atoms with E-state index in [0.29, 0.717) is 13.2 Å². The van der Waals surface area contributed by atoms with Crippen LogP contribution in [0.25, 0.3) is 0 Å². The Balaban J connectivity index is 0.00000225. The molecule has 0 spiro atoms. The number of halogens is 1. The summed E-state index contributed by atoms with van der Waals surface area (Å²) in [5, 5.41) is 3.18. The lowest BCUT2D eigenvalue weighted by Gasteiger charge is -2.29. The van der Waals surface area contributed by atoms with Gasteiger partial charge in [-0.3, -0.25) is 4.79 Å². The highest BCUT2D eigenvalue weighted by Crippen LogP contribution is 2.04. The quantitative estimate of drug-likeness (QED) is 0.793. The molecule has 0 aromatic carbocycles. The maximum atomic E-state index is 12.0. The zero-order valence-electron chi connectivity index (χ0n) is 10.2. The molecule has 0 aromatic heterocycles. The first-order valence-corrected chi connectivity index (χ1v) is 5.90. The van der Waals surface area contributed by atoms with Gasteiger partial charge in [0.15, 0.2) is 0 Å². The van der Waals surface area contributed by atoms with E-state index in [1.54, 1.807) is 0 Å². The van der Waals surface area contributed by atoms with Crippen molar-refractivity contribution in [2.75, 3.05) is 32.8 Å². The number of morpholine rings is 1. The van der Waals surface area contributed by atoms with Gasteiger partial charge in [0.2, 0.25) is 0 Å². The summed E-state index contributed by atoms with van der Waals surface area (Å²) in [5.41, 5.74) is 0. The number of ether oxygens (including phenoxy) is 1. The van der Waals surface area contributed by atoms with Crippen molar-refractivity contribution in [2.45, 2.75) is 32.8 Å². The van der Waals surface area contributed by atoms with Crippen LogP contribution in [0, 0.1) is 0 Å². The number of amides is 1. The van der Waals surface area contributed by atoms with Gasteiger partial charge in [-0.15, -0.1) is 12.4 Å². The second kappa shape index (κ2) is 8.79. The predicted octanol–water partition coefficient (Wildman–Crippen LogP) is 1.05. The van der Waals surface area contributed by atoms with Crippen molar-refractivity contribution in [1.82, 2.24) is 10.2 Å². The minimum absolute atomic E-state index is 0. The van der Waals surface area contributed by atoms with E-state index in [1.165, 1.54) is 0 Å². The van der Waals surface area contributed by atoms with Gasteiger partial charge in [-0.2, -0.15) is 0 Å². The van der Waals surface area contributed by atoms with Gasteiger partial charge in [0, 0.05) is 26.2 Å². The van der Waals surface area contributed by atoms with Crippen molar-refractivity contribution in [3.05, 3.63) is 0 Å². The Morgan fingerprint density at radius 2 is 2.00 bits per heavy atom. The highest BCUT2D eigenvalue weighted by molar-refractivity contribution is 5.85. The topological polar surface area (TPSA) is 41.6 Å². The van der Waals surface area contributed by atoms with E-state index in [0.717, 1.165) is 32.5 Å². The van der Waals surface area contributed by atoms with Crippen LogP contribution in [0.5, 0.6) is 0 Å². The van der Waals surface area contributed by atoms with Gasteiger partial charge >= 0.3 is 0 Å². The van der Waals surface area contributed by atoms with Crippen LogP contribution in [0.1, 0.15) is 26.7 Å². The molecule has 1 atom stereocenters. The number of rotatable bonds is 5. The Kier molecular flexibility index (Phi) is 8.61. The number of carbonyl (C=O) groups excluding carboxylic acids is 1. The Bertz CT molecular complexity index is 190. The van der Waals surface area contributed by atoms with Gasteiger partial charge < -0.3 is 15.0 Å². The van der Waals surface area contributed by atoms with E-state index < -0.39 is 0 Å². The first-order chi connectivity index (χ1) is 7.29. The van der Waals surface area contributed by atoms with Crippen LogP contribution in [-0.4, -0.2) is 49.7 Å². The van der Waals surface area contributed by atoms with E-state index in [4.69, 9.17) is 4.74 Å². The molecule has 1 heterocycles. The second-order valence-electron chi connectivity index (χ2n) is 3.89. The monoisotopic (exact) mass is 250 g/mol. The fourth-order valence-corrected chi connectivity index (χ4v) is 1.80. The molecule has 1 N–H and O–H groups in total. The van der Waals surface area contributed by atoms with E-state index >= 15 is 0 Å². The summed E-state index contributed by atoms with van der Waals surface area (Å²) >= 11 is 0. The largest absolute Gasteiger partial charge is 0.366 e. The van der Waals surface area contributed by atoms with Crippen molar-refractivity contribution < 1.29 is 9.53 Å². The van der Waals surface area contributed by atoms with Crippen molar-refractivity contribution in [3.63, 3.8) is 0 Å². The smallest absolute Gasteiger partial charge is 0.253 e. The number of hydrogen-bond acceptors (Lipinski definition) is 3. The van der Waals surface area contributed by atoms with Crippen molar-refractivity contribution in [3.8, 4) is 0 Å². The highest BCUT2D eigenvalue weighted by atomic mass is 35.5. The van der Waals surface area contributed by atoms with Crippen LogP contribution in [0.4, 0.5) is 0 Å². The molecule has 1 amide bonds. The number of hydrogen-bond donors (Lipinski definition) is 1. The lowest BCUT2D eigenvalue weighted by atomic mass is 10.2. The van der Waals surface area contributed by atoms with Gasteiger partial charge in [0.05, 0.1) is 6.61 Å². The minimum Gasteiger partial charge on any atom is -0.366 e. The molecule has 0 aliphatic carbocycles. The Labute approximate surface area is 104 Å². The first kappa shape index (κ1) is 15.7. The molecule has 0 saturated carbocycles. The molecule has 5 heteroatoms. The summed E-state index contributed by atoms with van der Waals surface area (Å²) in [6, 6.07) is 0. The SMILES string of the molecule is CCCN(CCC)C(=O)[C@@H]1CNCCO1.Cl. The van der Waals surface area contributed by atoms with Crippen LogP contribution < -0.4 is 5.32 Å². The summed E-state index contributed by atoms with van der Waals surface area (Å²) in [5.74, 6) is 0.144. The molecular formula is C11H23ClN2O2. The molecule has 96 valence electrons. The third-order valence-corrected chi connectivity index (χ3v) is 2.50. The normalized spacial score (nSPS) is 20.0. The van der Waals surface area contributed by atoms with Crippen LogP contribution in [0.15, 0.2) is 0 Å². The third kappa shape index (κ3) is 4.68. The van der Waals surface area contributed by atoms with Gasteiger partial charge in [-0.05, 0) is 12.8 Å².